The highest BCUT2D eigenvalue weighted by atomic mass is 35.5. The van der Waals surface area contributed by atoms with Crippen molar-refractivity contribution in [3.8, 4) is 0 Å². The number of nitrogens with zero attached hydrogens (tertiary/aromatic N) is 1. The summed E-state index contributed by atoms with van der Waals surface area (Å²) in [5.74, 6) is -0.760. The van der Waals surface area contributed by atoms with Crippen LogP contribution >= 0.6 is 11.6 Å². The summed E-state index contributed by atoms with van der Waals surface area (Å²) in [5.41, 5.74) is 6.64. The number of carbonyl (C=O) groups is 2. The molecule has 0 fully saturated rings. The molecule has 3 aromatic carbocycles. The normalized spacial score (nSPS) is 13.8. The van der Waals surface area contributed by atoms with Crippen molar-refractivity contribution in [2.24, 2.45) is 0 Å². The molecule has 0 saturated carbocycles. The molecule has 1 aliphatic heterocycles. The summed E-state index contributed by atoms with van der Waals surface area (Å²) in [6.45, 7) is 7.91. The molecule has 0 spiro atoms. The van der Waals surface area contributed by atoms with E-state index in [1.54, 1.807) is 18.2 Å². The minimum absolute atomic E-state index is 0.266. The third-order valence-corrected chi connectivity index (χ3v) is 6.40. The second-order valence-electron chi connectivity index (χ2n) is 8.05. The van der Waals surface area contributed by atoms with E-state index in [0.717, 1.165) is 23.2 Å². The second kappa shape index (κ2) is 8.64. The van der Waals surface area contributed by atoms with Gasteiger partial charge < -0.3 is 5.32 Å². The number of anilines is 2. The van der Waals surface area contributed by atoms with Gasteiger partial charge in [-0.1, -0.05) is 54.9 Å². The third-order valence-electron chi connectivity index (χ3n) is 5.99. The number of imide groups is 1. The van der Waals surface area contributed by atoms with Crippen molar-refractivity contribution in [2.75, 3.05) is 10.2 Å². The number of hydrogen-bond acceptors (Lipinski definition) is 3. The summed E-state index contributed by atoms with van der Waals surface area (Å²) in [6, 6.07) is 18.9. The van der Waals surface area contributed by atoms with Crippen LogP contribution < -0.4 is 10.2 Å². The van der Waals surface area contributed by atoms with Gasteiger partial charge in [0.05, 0.1) is 11.3 Å². The van der Waals surface area contributed by atoms with Crippen LogP contribution in [0.1, 0.15) is 34.7 Å². The minimum atomic E-state index is -0.395. The highest BCUT2D eigenvalue weighted by Crippen LogP contribution is 2.37. The van der Waals surface area contributed by atoms with Crippen molar-refractivity contribution in [1.82, 2.24) is 0 Å². The molecule has 162 valence electrons. The first kappa shape index (κ1) is 21.8. The number of aryl methyl sites for hydroxylation is 3. The molecule has 1 heterocycles. The summed E-state index contributed by atoms with van der Waals surface area (Å²) in [7, 11) is 0. The van der Waals surface area contributed by atoms with E-state index in [0.29, 0.717) is 27.4 Å². The van der Waals surface area contributed by atoms with E-state index in [-0.39, 0.29) is 11.6 Å². The van der Waals surface area contributed by atoms with Gasteiger partial charge in [0.2, 0.25) is 0 Å². The van der Waals surface area contributed by atoms with Gasteiger partial charge in [0.1, 0.15) is 5.70 Å². The minimum Gasteiger partial charge on any atom is -0.350 e. The fraction of sp³-hybridized carbons (Fsp3) is 0.185. The molecule has 4 rings (SSSR count). The Hall–Kier alpha value is -3.37. The maximum atomic E-state index is 13.6. The highest BCUT2D eigenvalue weighted by molar-refractivity contribution is 6.46. The first-order chi connectivity index (χ1) is 15.3. The molecule has 0 saturated heterocycles. The highest BCUT2D eigenvalue weighted by Gasteiger charge is 2.41. The summed E-state index contributed by atoms with van der Waals surface area (Å²) in [5, 5.41) is 3.73. The van der Waals surface area contributed by atoms with E-state index in [2.05, 4.69) is 12.2 Å². The monoisotopic (exact) mass is 444 g/mol. The van der Waals surface area contributed by atoms with Crippen LogP contribution in [0.3, 0.4) is 0 Å². The van der Waals surface area contributed by atoms with Gasteiger partial charge in [-0.05, 0) is 79.3 Å². The average molecular weight is 445 g/mol. The predicted octanol–water partition coefficient (Wildman–Crippen LogP) is 6.22. The van der Waals surface area contributed by atoms with Gasteiger partial charge in [-0.15, -0.1) is 0 Å². The quantitative estimate of drug-likeness (QED) is 0.475. The fourth-order valence-corrected chi connectivity index (χ4v) is 4.01. The van der Waals surface area contributed by atoms with Gasteiger partial charge >= 0.3 is 0 Å². The molecule has 1 aliphatic rings. The van der Waals surface area contributed by atoms with E-state index < -0.39 is 5.91 Å². The van der Waals surface area contributed by atoms with Crippen LogP contribution in [-0.2, 0) is 16.0 Å². The molecule has 0 aromatic heterocycles. The van der Waals surface area contributed by atoms with E-state index in [1.165, 1.54) is 10.5 Å². The number of halogens is 1. The molecule has 5 heteroatoms. The number of nitrogens with one attached hydrogen (secondary N) is 1. The van der Waals surface area contributed by atoms with E-state index in [9.17, 15) is 9.59 Å². The zero-order valence-electron chi connectivity index (χ0n) is 18.6. The van der Waals surface area contributed by atoms with Crippen LogP contribution in [0.4, 0.5) is 11.4 Å². The molecular formula is C27H25ClN2O2. The maximum absolute atomic E-state index is 13.6. The van der Waals surface area contributed by atoms with E-state index >= 15 is 0 Å². The lowest BCUT2D eigenvalue weighted by Crippen LogP contribution is -2.33. The van der Waals surface area contributed by atoms with Crippen LogP contribution in [0.5, 0.6) is 0 Å². The second-order valence-corrected chi connectivity index (χ2v) is 8.46. The zero-order valence-corrected chi connectivity index (χ0v) is 19.4. The Labute approximate surface area is 193 Å². The zero-order chi connectivity index (χ0) is 23.0. The fourth-order valence-electron chi connectivity index (χ4n) is 3.84. The standard InChI is InChI=1S/C27H25ClN2O2/c1-5-19-10-13-21(14-11-19)29-25-24(20-12-9-16(2)17(3)15-20)26(31)30(27(25)32)23-8-6-7-22(28)18(23)4/h6-15,29H,5H2,1-4H3. The Morgan fingerprint density at radius 3 is 2.25 bits per heavy atom. The van der Waals surface area contributed by atoms with Crippen molar-refractivity contribution in [3.05, 3.63) is 99.2 Å². The van der Waals surface area contributed by atoms with Crippen LogP contribution in [-0.4, -0.2) is 11.8 Å². The Bertz CT molecular complexity index is 1260. The smallest absolute Gasteiger partial charge is 0.282 e. The average Bonchev–Trinajstić information content (AvgIpc) is 3.02. The number of rotatable bonds is 5. The van der Waals surface area contributed by atoms with Crippen LogP contribution in [0.15, 0.2) is 66.4 Å². The van der Waals surface area contributed by atoms with Gasteiger partial charge in [0.15, 0.2) is 0 Å². The molecule has 0 unspecified atom stereocenters. The van der Waals surface area contributed by atoms with Crippen molar-refractivity contribution >= 4 is 40.4 Å². The van der Waals surface area contributed by atoms with Gasteiger partial charge in [-0.2, -0.15) is 0 Å². The molecule has 2 amide bonds. The lowest BCUT2D eigenvalue weighted by molar-refractivity contribution is -0.120. The molecule has 0 aliphatic carbocycles. The predicted molar refractivity (Wildman–Crippen MR) is 131 cm³/mol. The van der Waals surface area contributed by atoms with Gasteiger partial charge in [0.25, 0.3) is 11.8 Å². The summed E-state index contributed by atoms with van der Waals surface area (Å²) >= 11 is 6.30. The van der Waals surface area contributed by atoms with Crippen LogP contribution in [0, 0.1) is 20.8 Å². The Kier molecular flexibility index (Phi) is 5.90. The Balaban J connectivity index is 1.85. The summed E-state index contributed by atoms with van der Waals surface area (Å²) in [6.07, 6.45) is 0.927. The van der Waals surface area contributed by atoms with E-state index in [1.807, 2.05) is 63.2 Å². The molecule has 0 atom stereocenters. The maximum Gasteiger partial charge on any atom is 0.282 e. The molecule has 3 aromatic rings. The van der Waals surface area contributed by atoms with Crippen molar-refractivity contribution in [1.29, 1.82) is 0 Å². The van der Waals surface area contributed by atoms with Gasteiger partial charge in [-0.25, -0.2) is 4.90 Å². The van der Waals surface area contributed by atoms with Crippen LogP contribution in [0.2, 0.25) is 5.02 Å². The topological polar surface area (TPSA) is 49.4 Å². The Morgan fingerprint density at radius 1 is 0.875 bits per heavy atom. The van der Waals surface area contributed by atoms with Crippen LogP contribution in [0.25, 0.3) is 5.57 Å². The number of carbonyl (C=O) groups excluding carboxylic acids is 2. The van der Waals surface area contributed by atoms with Crippen molar-refractivity contribution in [3.63, 3.8) is 0 Å². The molecule has 0 radical (unpaired) electrons. The van der Waals surface area contributed by atoms with Gasteiger partial charge in [-0.3, -0.25) is 9.59 Å². The lowest BCUT2D eigenvalue weighted by Gasteiger charge is -2.18. The molecule has 0 bridgehead atoms. The molecule has 32 heavy (non-hydrogen) atoms. The summed E-state index contributed by atoms with van der Waals surface area (Å²) < 4.78 is 0. The lowest BCUT2D eigenvalue weighted by atomic mass is 9.99. The molecule has 4 nitrogen and oxygen atoms in total. The SMILES string of the molecule is CCc1ccc(NC2=C(c3ccc(C)c(C)c3)C(=O)N(c3cccc(Cl)c3C)C2=O)cc1. The van der Waals surface area contributed by atoms with Gasteiger partial charge in [0, 0.05) is 10.7 Å². The molecule has 1 N–H and O–H groups in total. The first-order valence-corrected chi connectivity index (χ1v) is 11.0. The van der Waals surface area contributed by atoms with E-state index in [4.69, 9.17) is 11.6 Å². The van der Waals surface area contributed by atoms with Crippen molar-refractivity contribution in [2.45, 2.75) is 34.1 Å². The largest absolute Gasteiger partial charge is 0.350 e. The number of hydrogen-bond donors (Lipinski definition) is 1. The molecular weight excluding hydrogens is 420 g/mol. The summed E-state index contributed by atoms with van der Waals surface area (Å²) in [4.78, 5) is 28.4. The Morgan fingerprint density at radius 2 is 1.59 bits per heavy atom. The van der Waals surface area contributed by atoms with Crippen molar-refractivity contribution < 1.29 is 9.59 Å². The number of amides is 2. The number of benzene rings is 3. The third kappa shape index (κ3) is 3.82. The first-order valence-electron chi connectivity index (χ1n) is 10.6.